The molecule has 0 aliphatic rings. The highest BCUT2D eigenvalue weighted by atomic mass is 79.9. The number of rotatable bonds is 4. The molecule has 0 amide bonds. The predicted octanol–water partition coefficient (Wildman–Crippen LogP) is 3.81. The maximum absolute atomic E-state index is 10.2. The number of hydrogen-bond donors (Lipinski definition) is 2. The lowest BCUT2D eigenvalue weighted by Gasteiger charge is -2.08. The molecule has 16 heavy (non-hydrogen) atoms. The lowest BCUT2D eigenvalue weighted by molar-refractivity contribution is -0.131. The minimum atomic E-state index is -0.991. The van der Waals surface area contributed by atoms with Gasteiger partial charge in [-0.1, -0.05) is 45.2 Å². The number of halogens is 3. The summed E-state index contributed by atoms with van der Waals surface area (Å²) in [5.41, 5.74) is 0.585. The van der Waals surface area contributed by atoms with Crippen LogP contribution in [0.15, 0.2) is 28.8 Å². The summed E-state index contributed by atoms with van der Waals surface area (Å²) in [5.74, 6) is -0.991. The molecule has 2 N–H and O–H groups in total. The van der Waals surface area contributed by atoms with E-state index in [9.17, 15) is 4.79 Å². The highest BCUT2D eigenvalue weighted by Gasteiger charge is 2.05. The summed E-state index contributed by atoms with van der Waals surface area (Å²) in [5, 5.41) is 12.3. The molecule has 0 aliphatic carbocycles. The zero-order valence-electron chi connectivity index (χ0n) is 8.01. The summed E-state index contributed by atoms with van der Waals surface area (Å²) < 4.78 is 0.786. The molecule has 0 saturated carbocycles. The van der Waals surface area contributed by atoms with Crippen LogP contribution >= 0.6 is 39.1 Å². The van der Waals surface area contributed by atoms with Gasteiger partial charge in [-0.25, -0.2) is 4.79 Å². The average molecular weight is 325 g/mol. The summed E-state index contributed by atoms with van der Waals surface area (Å²) in [6.45, 7) is 0.341. The van der Waals surface area contributed by atoms with Crippen molar-refractivity contribution < 1.29 is 9.90 Å². The van der Waals surface area contributed by atoms with Crippen molar-refractivity contribution in [3.63, 3.8) is 0 Å². The van der Waals surface area contributed by atoms with Gasteiger partial charge in [0.05, 0.1) is 15.7 Å². The van der Waals surface area contributed by atoms with Crippen LogP contribution in [0.3, 0.4) is 0 Å². The van der Waals surface area contributed by atoms with E-state index in [-0.39, 0.29) is 0 Å². The normalized spacial score (nSPS) is 10.7. The van der Waals surface area contributed by atoms with E-state index >= 15 is 0 Å². The van der Waals surface area contributed by atoms with Crippen molar-refractivity contribution in [1.82, 2.24) is 0 Å². The van der Waals surface area contributed by atoms with Gasteiger partial charge in [0.15, 0.2) is 0 Å². The third-order valence-corrected chi connectivity index (χ3v) is 2.72. The second-order valence-corrected chi connectivity index (χ2v) is 4.60. The van der Waals surface area contributed by atoms with E-state index in [4.69, 9.17) is 28.3 Å². The molecule has 0 radical (unpaired) electrons. The molecular formula is C10H8BrCl2NO2. The molecule has 0 aliphatic heterocycles. The Morgan fingerprint density at radius 3 is 2.50 bits per heavy atom. The van der Waals surface area contributed by atoms with E-state index in [1.54, 1.807) is 12.1 Å². The van der Waals surface area contributed by atoms with Crippen molar-refractivity contribution in [1.29, 1.82) is 0 Å². The van der Waals surface area contributed by atoms with Gasteiger partial charge in [0.1, 0.15) is 0 Å². The van der Waals surface area contributed by atoms with Gasteiger partial charge >= 0.3 is 5.97 Å². The number of anilines is 1. The third-order valence-electron chi connectivity index (χ3n) is 1.66. The minimum absolute atomic E-state index is 0.341. The van der Waals surface area contributed by atoms with Crippen molar-refractivity contribution in [2.75, 3.05) is 11.9 Å². The molecular weight excluding hydrogens is 317 g/mol. The number of carboxylic acids is 1. The second-order valence-electron chi connectivity index (χ2n) is 2.87. The Kier molecular flexibility index (Phi) is 5.12. The van der Waals surface area contributed by atoms with E-state index in [0.29, 0.717) is 22.3 Å². The van der Waals surface area contributed by atoms with Crippen LogP contribution in [0, 0.1) is 0 Å². The van der Waals surface area contributed by atoms with Gasteiger partial charge in [-0.15, -0.1) is 0 Å². The molecule has 3 nitrogen and oxygen atoms in total. The maximum Gasteiger partial charge on any atom is 0.328 e. The number of aliphatic carboxylic acids is 1. The van der Waals surface area contributed by atoms with Crippen LogP contribution in [0.2, 0.25) is 10.0 Å². The number of carbonyl (C=O) groups is 1. The van der Waals surface area contributed by atoms with E-state index in [2.05, 4.69) is 21.2 Å². The molecule has 86 valence electrons. The lowest BCUT2D eigenvalue weighted by Crippen LogP contribution is -2.00. The molecule has 0 saturated heterocycles. The summed E-state index contributed by atoms with van der Waals surface area (Å²) in [4.78, 5) is 10.2. The topological polar surface area (TPSA) is 49.3 Å². The van der Waals surface area contributed by atoms with Crippen molar-refractivity contribution in [2.45, 2.75) is 0 Å². The highest BCUT2D eigenvalue weighted by molar-refractivity contribution is 9.10. The number of nitrogens with one attached hydrogen (secondary N) is 1. The van der Waals surface area contributed by atoms with Gasteiger partial charge in [-0.05, 0) is 12.1 Å². The highest BCUT2D eigenvalue weighted by Crippen LogP contribution is 2.33. The van der Waals surface area contributed by atoms with Crippen LogP contribution < -0.4 is 5.32 Å². The molecule has 0 spiro atoms. The van der Waals surface area contributed by atoms with Gasteiger partial charge in [0.25, 0.3) is 0 Å². The smallest absolute Gasteiger partial charge is 0.328 e. The number of hydrogen-bond acceptors (Lipinski definition) is 2. The Morgan fingerprint density at radius 1 is 1.44 bits per heavy atom. The zero-order valence-corrected chi connectivity index (χ0v) is 11.1. The van der Waals surface area contributed by atoms with Crippen LogP contribution in [-0.2, 0) is 4.79 Å². The van der Waals surface area contributed by atoms with Crippen LogP contribution in [-0.4, -0.2) is 17.6 Å². The fourth-order valence-electron chi connectivity index (χ4n) is 1.03. The predicted molar refractivity (Wildman–Crippen MR) is 69.4 cm³/mol. The van der Waals surface area contributed by atoms with Crippen LogP contribution in [0.4, 0.5) is 5.69 Å². The van der Waals surface area contributed by atoms with Gasteiger partial charge in [0.2, 0.25) is 0 Å². The molecule has 0 fully saturated rings. The first kappa shape index (κ1) is 13.4. The first-order valence-corrected chi connectivity index (χ1v) is 5.83. The first-order chi connectivity index (χ1) is 7.50. The van der Waals surface area contributed by atoms with Crippen LogP contribution in [0.1, 0.15) is 0 Å². The van der Waals surface area contributed by atoms with E-state index in [1.165, 1.54) is 6.08 Å². The van der Waals surface area contributed by atoms with Crippen LogP contribution in [0.25, 0.3) is 0 Å². The molecule has 0 heterocycles. The molecule has 0 atom stereocenters. The molecule has 6 heteroatoms. The fourth-order valence-corrected chi connectivity index (χ4v) is 2.37. The first-order valence-electron chi connectivity index (χ1n) is 4.28. The Bertz CT molecular complexity index is 412. The maximum atomic E-state index is 10.2. The van der Waals surface area contributed by atoms with Gasteiger partial charge in [0, 0.05) is 17.1 Å². The van der Waals surface area contributed by atoms with E-state index < -0.39 is 5.97 Å². The minimum Gasteiger partial charge on any atom is -0.478 e. The van der Waals surface area contributed by atoms with Crippen molar-refractivity contribution in [2.24, 2.45) is 0 Å². The fraction of sp³-hybridized carbons (Fsp3) is 0.100. The summed E-state index contributed by atoms with van der Waals surface area (Å²) in [6, 6.07) is 3.41. The van der Waals surface area contributed by atoms with E-state index in [0.717, 1.165) is 10.5 Å². The summed E-state index contributed by atoms with van der Waals surface area (Å²) >= 11 is 15.2. The summed E-state index contributed by atoms with van der Waals surface area (Å²) in [7, 11) is 0. The van der Waals surface area contributed by atoms with Gasteiger partial charge in [-0.2, -0.15) is 0 Å². The van der Waals surface area contributed by atoms with E-state index in [1.807, 2.05) is 0 Å². The monoisotopic (exact) mass is 323 g/mol. The third kappa shape index (κ3) is 4.04. The molecule has 1 aromatic carbocycles. The quantitative estimate of drug-likeness (QED) is 0.828. The molecule has 0 aromatic heterocycles. The molecule has 0 unspecified atom stereocenters. The average Bonchev–Trinajstić information content (AvgIpc) is 2.14. The number of carboxylic acid groups (broad SMARTS) is 1. The Hall–Kier alpha value is -0.710. The Balaban J connectivity index is 2.71. The molecule has 0 bridgehead atoms. The Labute approximate surface area is 111 Å². The van der Waals surface area contributed by atoms with Gasteiger partial charge in [-0.3, -0.25) is 0 Å². The van der Waals surface area contributed by atoms with Crippen LogP contribution in [0.5, 0.6) is 0 Å². The lowest BCUT2D eigenvalue weighted by atomic mass is 10.3. The summed E-state index contributed by atoms with van der Waals surface area (Å²) in [6.07, 6.45) is 2.52. The zero-order chi connectivity index (χ0) is 12.1. The standard InChI is InChI=1S/C10H8BrCl2NO2/c11-6-4-7(12)10(8(13)5-6)14-3-1-2-9(15)16/h1-2,4-5,14H,3H2,(H,15,16)/b2-1+. The molecule has 1 rings (SSSR count). The second kappa shape index (κ2) is 6.13. The Morgan fingerprint density at radius 2 is 2.00 bits per heavy atom. The van der Waals surface area contributed by atoms with Crippen molar-refractivity contribution in [3.8, 4) is 0 Å². The largest absolute Gasteiger partial charge is 0.478 e. The number of benzene rings is 1. The van der Waals surface area contributed by atoms with Crippen molar-refractivity contribution >= 4 is 50.8 Å². The van der Waals surface area contributed by atoms with Crippen molar-refractivity contribution in [3.05, 3.63) is 38.8 Å². The van der Waals surface area contributed by atoms with Gasteiger partial charge < -0.3 is 10.4 Å². The molecule has 1 aromatic rings. The SMILES string of the molecule is O=C(O)/C=C/CNc1c(Cl)cc(Br)cc1Cl.